The van der Waals surface area contributed by atoms with E-state index in [9.17, 15) is 4.79 Å². The highest BCUT2D eigenvalue weighted by Gasteiger charge is 2.53. The van der Waals surface area contributed by atoms with Crippen molar-refractivity contribution in [1.29, 1.82) is 0 Å². The van der Waals surface area contributed by atoms with Crippen LogP contribution < -0.4 is 5.32 Å². The van der Waals surface area contributed by atoms with Crippen molar-refractivity contribution < 1.29 is 9.21 Å². The number of furan rings is 1. The molecule has 4 aliphatic carbocycles. The Bertz CT molecular complexity index is 874. The number of nitrogens with one attached hydrogen (secondary N) is 1. The predicted octanol–water partition coefficient (Wildman–Crippen LogP) is 5.90. The van der Waals surface area contributed by atoms with E-state index >= 15 is 0 Å². The summed E-state index contributed by atoms with van der Waals surface area (Å²) < 4.78 is 5.93. The first-order chi connectivity index (χ1) is 13.4. The molecule has 1 atom stereocenters. The van der Waals surface area contributed by atoms with Gasteiger partial charge in [-0.1, -0.05) is 12.1 Å². The molecule has 1 heterocycles. The van der Waals surface area contributed by atoms with Gasteiger partial charge in [-0.25, -0.2) is 0 Å². The van der Waals surface area contributed by atoms with Crippen molar-refractivity contribution in [2.75, 3.05) is 0 Å². The zero-order valence-corrected chi connectivity index (χ0v) is 17.3. The monoisotopic (exact) mass is 377 g/mol. The average molecular weight is 378 g/mol. The molecule has 1 unspecified atom stereocenters. The number of carbonyl (C=O) groups is 1. The summed E-state index contributed by atoms with van der Waals surface area (Å²) in [5.74, 6) is 3.79. The highest BCUT2D eigenvalue weighted by atomic mass is 16.3. The van der Waals surface area contributed by atoms with Gasteiger partial charge in [0.05, 0.1) is 0 Å². The van der Waals surface area contributed by atoms with Crippen LogP contribution in [-0.4, -0.2) is 11.9 Å². The van der Waals surface area contributed by atoms with Crippen LogP contribution in [0.4, 0.5) is 0 Å². The van der Waals surface area contributed by atoms with E-state index in [1.807, 2.05) is 12.1 Å². The van der Waals surface area contributed by atoms with Crippen molar-refractivity contribution in [1.82, 2.24) is 5.32 Å². The lowest BCUT2D eigenvalue weighted by Gasteiger charge is -2.59. The van der Waals surface area contributed by atoms with Crippen molar-refractivity contribution in [3.63, 3.8) is 0 Å². The van der Waals surface area contributed by atoms with Gasteiger partial charge >= 0.3 is 0 Å². The van der Waals surface area contributed by atoms with Gasteiger partial charge in [0.1, 0.15) is 5.76 Å². The molecule has 2 aromatic rings. The van der Waals surface area contributed by atoms with Gasteiger partial charge in [-0.15, -0.1) is 0 Å². The van der Waals surface area contributed by atoms with Gasteiger partial charge in [-0.2, -0.15) is 0 Å². The Balaban J connectivity index is 1.31. The number of benzene rings is 1. The lowest BCUT2D eigenvalue weighted by atomic mass is 9.48. The summed E-state index contributed by atoms with van der Waals surface area (Å²) in [6.45, 7) is 6.42. The minimum Gasteiger partial charge on any atom is -0.451 e. The smallest absolute Gasteiger partial charge is 0.287 e. The van der Waals surface area contributed by atoms with E-state index in [0.29, 0.717) is 11.2 Å². The molecule has 148 valence electrons. The van der Waals surface area contributed by atoms with Crippen LogP contribution in [-0.2, 0) is 0 Å². The second kappa shape index (κ2) is 6.50. The molecule has 4 bridgehead atoms. The molecule has 0 spiro atoms. The van der Waals surface area contributed by atoms with E-state index in [-0.39, 0.29) is 11.9 Å². The zero-order chi connectivity index (χ0) is 19.5. The second-order valence-electron chi connectivity index (χ2n) is 9.94. The van der Waals surface area contributed by atoms with Crippen molar-refractivity contribution in [3.8, 4) is 11.3 Å². The molecule has 1 aromatic carbocycles. The molecule has 3 nitrogen and oxygen atoms in total. The van der Waals surface area contributed by atoms with Crippen LogP contribution in [0.15, 0.2) is 34.7 Å². The molecule has 1 aromatic heterocycles. The molecule has 28 heavy (non-hydrogen) atoms. The fraction of sp³-hybridized carbons (Fsp3) is 0.560. The minimum absolute atomic E-state index is 0.0710. The normalized spacial score (nSPS) is 31.8. The minimum atomic E-state index is -0.0710. The third-order valence-corrected chi connectivity index (χ3v) is 7.97. The summed E-state index contributed by atoms with van der Waals surface area (Å²) in [6.07, 6.45) is 8.18. The van der Waals surface area contributed by atoms with Gasteiger partial charge in [0.25, 0.3) is 5.91 Å². The van der Waals surface area contributed by atoms with Crippen LogP contribution in [0.2, 0.25) is 0 Å². The highest BCUT2D eigenvalue weighted by Crippen LogP contribution is 2.61. The van der Waals surface area contributed by atoms with Gasteiger partial charge < -0.3 is 9.73 Å². The summed E-state index contributed by atoms with van der Waals surface area (Å²) in [6, 6.07) is 10.2. The van der Waals surface area contributed by atoms with Crippen molar-refractivity contribution >= 4 is 5.91 Å². The lowest BCUT2D eigenvalue weighted by molar-refractivity contribution is -0.0688. The summed E-state index contributed by atoms with van der Waals surface area (Å²) in [4.78, 5) is 12.9. The lowest BCUT2D eigenvalue weighted by Crippen LogP contribution is -2.55. The SMILES string of the molecule is Cc1ccc(-c2ccc(C(=O)NC(C)C34CC5CC(CC(C5)C3)C4)o2)cc1C. The molecule has 0 radical (unpaired) electrons. The molecule has 1 N–H and O–H groups in total. The standard InChI is InChI=1S/C25H31NO2/c1-15-4-5-21(8-16(15)2)22-6-7-23(28-22)24(27)26-17(3)25-12-18-9-19(13-25)11-20(10-18)14-25/h4-8,17-20H,9-14H2,1-3H3,(H,26,27). The fourth-order valence-corrected chi connectivity index (χ4v) is 6.64. The van der Waals surface area contributed by atoms with Gasteiger partial charge in [0, 0.05) is 11.6 Å². The Morgan fingerprint density at radius 1 is 1.00 bits per heavy atom. The van der Waals surface area contributed by atoms with E-state index in [2.05, 4.69) is 44.3 Å². The Kier molecular flexibility index (Phi) is 4.19. The number of aryl methyl sites for hydroxylation is 2. The number of hydrogen-bond donors (Lipinski definition) is 1. The number of amides is 1. The number of hydrogen-bond acceptors (Lipinski definition) is 2. The van der Waals surface area contributed by atoms with Crippen LogP contribution >= 0.6 is 0 Å². The maximum atomic E-state index is 12.9. The highest BCUT2D eigenvalue weighted by molar-refractivity contribution is 5.92. The zero-order valence-electron chi connectivity index (χ0n) is 17.3. The molecule has 1 amide bonds. The van der Waals surface area contributed by atoms with Gasteiger partial charge in [0.2, 0.25) is 0 Å². The second-order valence-corrected chi connectivity index (χ2v) is 9.94. The topological polar surface area (TPSA) is 42.2 Å². The largest absolute Gasteiger partial charge is 0.451 e. The number of rotatable bonds is 4. The van der Waals surface area contributed by atoms with Crippen molar-refractivity contribution in [2.45, 2.75) is 65.3 Å². The molecule has 3 heteroatoms. The van der Waals surface area contributed by atoms with Crippen LogP contribution in [0.1, 0.15) is 67.1 Å². The molecule has 0 saturated heterocycles. The summed E-state index contributed by atoms with van der Waals surface area (Å²) in [5, 5.41) is 3.31. The maximum Gasteiger partial charge on any atom is 0.287 e. The van der Waals surface area contributed by atoms with Crippen LogP contribution in [0, 0.1) is 37.0 Å². The van der Waals surface area contributed by atoms with E-state index in [0.717, 1.165) is 29.1 Å². The Morgan fingerprint density at radius 3 is 2.25 bits per heavy atom. The Hall–Kier alpha value is -2.03. The molecular weight excluding hydrogens is 346 g/mol. The molecule has 4 saturated carbocycles. The predicted molar refractivity (Wildman–Crippen MR) is 111 cm³/mol. The summed E-state index contributed by atoms with van der Waals surface area (Å²) in [7, 11) is 0. The van der Waals surface area contributed by atoms with Crippen LogP contribution in [0.3, 0.4) is 0 Å². The maximum absolute atomic E-state index is 12.9. The van der Waals surface area contributed by atoms with Crippen molar-refractivity contribution in [2.24, 2.45) is 23.2 Å². The third-order valence-electron chi connectivity index (χ3n) is 7.97. The van der Waals surface area contributed by atoms with Crippen molar-refractivity contribution in [3.05, 3.63) is 47.2 Å². The van der Waals surface area contributed by atoms with Gasteiger partial charge in [-0.05, 0) is 112 Å². The average Bonchev–Trinajstić information content (AvgIpc) is 3.13. The quantitative estimate of drug-likeness (QED) is 0.721. The van der Waals surface area contributed by atoms with E-state index in [1.165, 1.54) is 49.7 Å². The van der Waals surface area contributed by atoms with Crippen LogP contribution in [0.25, 0.3) is 11.3 Å². The van der Waals surface area contributed by atoms with E-state index < -0.39 is 0 Å². The summed E-state index contributed by atoms with van der Waals surface area (Å²) >= 11 is 0. The van der Waals surface area contributed by atoms with Gasteiger partial charge in [-0.3, -0.25) is 4.79 Å². The fourth-order valence-electron chi connectivity index (χ4n) is 6.64. The van der Waals surface area contributed by atoms with E-state index in [4.69, 9.17) is 4.42 Å². The molecule has 4 fully saturated rings. The van der Waals surface area contributed by atoms with Crippen LogP contribution in [0.5, 0.6) is 0 Å². The number of carbonyl (C=O) groups excluding carboxylic acids is 1. The molecule has 0 aliphatic heterocycles. The summed E-state index contributed by atoms with van der Waals surface area (Å²) in [5.41, 5.74) is 3.83. The third kappa shape index (κ3) is 3.00. The Labute approximate surface area is 167 Å². The first kappa shape index (κ1) is 18.0. The molecule has 4 aliphatic rings. The molecular formula is C25H31NO2. The first-order valence-corrected chi connectivity index (χ1v) is 10.9. The Morgan fingerprint density at radius 2 is 1.64 bits per heavy atom. The first-order valence-electron chi connectivity index (χ1n) is 10.9. The van der Waals surface area contributed by atoms with Gasteiger partial charge in [0.15, 0.2) is 5.76 Å². The molecule has 6 rings (SSSR count). The van der Waals surface area contributed by atoms with E-state index in [1.54, 1.807) is 0 Å².